The Kier molecular flexibility index (Phi) is 7.13. The third-order valence-electron chi connectivity index (χ3n) is 4.88. The highest BCUT2D eigenvalue weighted by atomic mass is 16.4. The van der Waals surface area contributed by atoms with Crippen molar-refractivity contribution in [3.8, 4) is 0 Å². The molecule has 5 N–H and O–H groups in total. The summed E-state index contributed by atoms with van der Waals surface area (Å²) in [6.07, 6.45) is 3.00. The summed E-state index contributed by atoms with van der Waals surface area (Å²) in [5, 5.41) is 27.5. The molecule has 0 aromatic rings. The Bertz CT molecular complexity index is 339. The first-order chi connectivity index (χ1) is 9.83. The molecule has 2 unspecified atom stereocenters. The van der Waals surface area contributed by atoms with Crippen molar-refractivity contribution in [3.05, 3.63) is 0 Å². The van der Waals surface area contributed by atoms with Crippen LogP contribution in [-0.2, 0) is 4.79 Å². The van der Waals surface area contributed by atoms with Crippen LogP contribution < -0.4 is 5.73 Å². The molecule has 0 aromatic carbocycles. The van der Waals surface area contributed by atoms with Crippen LogP contribution in [0.4, 0.5) is 0 Å². The van der Waals surface area contributed by atoms with Crippen molar-refractivity contribution in [1.29, 1.82) is 0 Å². The first-order valence-corrected chi connectivity index (χ1v) is 7.94. The molecular formula is C14H29BN2O4. The molecular weight excluding hydrogens is 271 g/mol. The lowest BCUT2D eigenvalue weighted by Crippen LogP contribution is -2.60. The van der Waals surface area contributed by atoms with E-state index in [1.165, 1.54) is 0 Å². The Labute approximate surface area is 127 Å². The van der Waals surface area contributed by atoms with E-state index >= 15 is 0 Å². The normalized spacial score (nSPS) is 29.6. The summed E-state index contributed by atoms with van der Waals surface area (Å²) in [5.74, 6) is -0.833. The Morgan fingerprint density at radius 1 is 1.33 bits per heavy atom. The van der Waals surface area contributed by atoms with Crippen molar-refractivity contribution in [1.82, 2.24) is 4.90 Å². The molecule has 1 saturated carbocycles. The maximum atomic E-state index is 11.7. The van der Waals surface area contributed by atoms with Gasteiger partial charge in [-0.2, -0.15) is 0 Å². The lowest BCUT2D eigenvalue weighted by Gasteiger charge is -2.43. The number of rotatable bonds is 8. The van der Waals surface area contributed by atoms with Gasteiger partial charge >= 0.3 is 13.1 Å². The first-order valence-electron chi connectivity index (χ1n) is 7.94. The van der Waals surface area contributed by atoms with Gasteiger partial charge in [0.1, 0.15) is 5.54 Å². The zero-order chi connectivity index (χ0) is 16.0. The lowest BCUT2D eigenvalue weighted by atomic mass is 9.66. The van der Waals surface area contributed by atoms with Gasteiger partial charge in [0.15, 0.2) is 0 Å². The molecule has 0 aromatic heterocycles. The third kappa shape index (κ3) is 4.95. The van der Waals surface area contributed by atoms with Crippen molar-refractivity contribution in [2.24, 2.45) is 17.6 Å². The van der Waals surface area contributed by atoms with Gasteiger partial charge < -0.3 is 25.8 Å². The molecule has 7 heteroatoms. The number of hydrogen-bond acceptors (Lipinski definition) is 5. The van der Waals surface area contributed by atoms with Gasteiger partial charge in [-0.1, -0.05) is 20.3 Å². The Hall–Kier alpha value is -0.625. The Morgan fingerprint density at radius 2 is 1.95 bits per heavy atom. The molecule has 6 nitrogen and oxygen atoms in total. The number of carbonyl (C=O) groups is 1. The molecule has 0 saturated heterocycles. The van der Waals surface area contributed by atoms with Crippen LogP contribution >= 0.6 is 0 Å². The van der Waals surface area contributed by atoms with Gasteiger partial charge in [-0.25, -0.2) is 0 Å². The largest absolute Gasteiger partial charge is 0.480 e. The fourth-order valence-corrected chi connectivity index (χ4v) is 3.38. The monoisotopic (exact) mass is 300 g/mol. The molecule has 1 aliphatic rings. The van der Waals surface area contributed by atoms with Crippen LogP contribution in [-0.4, -0.2) is 58.3 Å². The van der Waals surface area contributed by atoms with Gasteiger partial charge in [-0.15, -0.1) is 0 Å². The summed E-state index contributed by atoms with van der Waals surface area (Å²) in [6, 6.07) is 0. The second kappa shape index (κ2) is 8.12. The number of carboxylic acid groups (broad SMARTS) is 1. The summed E-state index contributed by atoms with van der Waals surface area (Å²) in [7, 11) is -1.32. The van der Waals surface area contributed by atoms with Crippen LogP contribution in [0.5, 0.6) is 0 Å². The third-order valence-corrected chi connectivity index (χ3v) is 4.88. The predicted octanol–water partition coefficient (Wildman–Crippen LogP) is 0.390. The van der Waals surface area contributed by atoms with Crippen molar-refractivity contribution in [3.63, 3.8) is 0 Å². The van der Waals surface area contributed by atoms with Crippen molar-refractivity contribution in [2.45, 2.75) is 51.4 Å². The first kappa shape index (κ1) is 18.4. The number of aliphatic carboxylic acids is 1. The highest BCUT2D eigenvalue weighted by Gasteiger charge is 2.47. The van der Waals surface area contributed by atoms with Gasteiger partial charge in [0.25, 0.3) is 0 Å². The highest BCUT2D eigenvalue weighted by Crippen LogP contribution is 2.38. The van der Waals surface area contributed by atoms with Gasteiger partial charge in [0.05, 0.1) is 0 Å². The quantitative estimate of drug-likeness (QED) is 0.483. The average Bonchev–Trinajstić information content (AvgIpc) is 2.44. The number of nitrogens with two attached hydrogens (primary N) is 1. The second-order valence-corrected chi connectivity index (χ2v) is 6.23. The maximum Gasteiger partial charge on any atom is 0.451 e. The molecule has 3 atom stereocenters. The van der Waals surface area contributed by atoms with E-state index in [4.69, 9.17) is 15.8 Å². The van der Waals surface area contributed by atoms with Gasteiger partial charge in [0.2, 0.25) is 0 Å². The summed E-state index contributed by atoms with van der Waals surface area (Å²) >= 11 is 0. The highest BCUT2D eigenvalue weighted by molar-refractivity contribution is 6.40. The van der Waals surface area contributed by atoms with E-state index in [1.807, 2.05) is 0 Å². The minimum atomic E-state index is -1.32. The zero-order valence-electron chi connectivity index (χ0n) is 13.2. The smallest absolute Gasteiger partial charge is 0.451 e. The van der Waals surface area contributed by atoms with Gasteiger partial charge in [-0.3, -0.25) is 4.79 Å². The summed E-state index contributed by atoms with van der Waals surface area (Å²) in [4.78, 5) is 13.9. The van der Waals surface area contributed by atoms with E-state index in [0.717, 1.165) is 25.9 Å². The van der Waals surface area contributed by atoms with Crippen LogP contribution in [0, 0.1) is 11.8 Å². The van der Waals surface area contributed by atoms with E-state index in [9.17, 15) is 9.90 Å². The van der Waals surface area contributed by atoms with Crippen molar-refractivity contribution >= 4 is 13.1 Å². The van der Waals surface area contributed by atoms with E-state index < -0.39 is 18.6 Å². The van der Waals surface area contributed by atoms with Crippen LogP contribution in [0.2, 0.25) is 6.32 Å². The number of carboxylic acids is 1. The van der Waals surface area contributed by atoms with Crippen LogP contribution in [0.25, 0.3) is 0 Å². The lowest BCUT2D eigenvalue weighted by molar-refractivity contribution is -0.148. The molecule has 0 bridgehead atoms. The molecule has 0 spiro atoms. The summed E-state index contributed by atoms with van der Waals surface area (Å²) in [6.45, 7) is 6.63. The number of nitrogens with zero attached hydrogens (tertiary/aromatic N) is 1. The van der Waals surface area contributed by atoms with Crippen LogP contribution in [0.15, 0.2) is 0 Å². The van der Waals surface area contributed by atoms with E-state index in [-0.39, 0.29) is 18.2 Å². The Balaban J connectivity index is 2.72. The number of hydrogen-bond donors (Lipinski definition) is 4. The van der Waals surface area contributed by atoms with Crippen LogP contribution in [0.3, 0.4) is 0 Å². The van der Waals surface area contributed by atoms with E-state index in [0.29, 0.717) is 19.4 Å². The predicted molar refractivity (Wildman–Crippen MR) is 82.8 cm³/mol. The molecule has 122 valence electrons. The van der Waals surface area contributed by atoms with E-state index in [1.54, 1.807) is 0 Å². The molecule has 1 aliphatic carbocycles. The Morgan fingerprint density at radius 3 is 2.43 bits per heavy atom. The molecule has 1 fully saturated rings. The second-order valence-electron chi connectivity index (χ2n) is 6.23. The fraction of sp³-hybridized carbons (Fsp3) is 0.929. The minimum Gasteiger partial charge on any atom is -0.480 e. The molecule has 0 aliphatic heterocycles. The van der Waals surface area contributed by atoms with Crippen molar-refractivity contribution < 1.29 is 19.9 Å². The SMILES string of the molecule is CCN(CC)CC1CCC(CCB(O)O)C[C@]1(N)C(=O)O. The van der Waals surface area contributed by atoms with Crippen LogP contribution in [0.1, 0.15) is 39.5 Å². The fourth-order valence-electron chi connectivity index (χ4n) is 3.38. The summed E-state index contributed by atoms with van der Waals surface area (Å²) < 4.78 is 0. The van der Waals surface area contributed by atoms with Gasteiger partial charge in [0, 0.05) is 12.5 Å². The molecule has 1 rings (SSSR count). The summed E-state index contributed by atoms with van der Waals surface area (Å²) in [5.41, 5.74) is 5.05. The van der Waals surface area contributed by atoms with Gasteiger partial charge in [-0.05, 0) is 44.6 Å². The molecule has 0 amide bonds. The van der Waals surface area contributed by atoms with E-state index in [2.05, 4.69) is 18.7 Å². The minimum absolute atomic E-state index is 0.0507. The molecule has 0 radical (unpaired) electrons. The average molecular weight is 300 g/mol. The molecule has 21 heavy (non-hydrogen) atoms. The van der Waals surface area contributed by atoms with Crippen molar-refractivity contribution in [2.75, 3.05) is 19.6 Å². The topological polar surface area (TPSA) is 107 Å². The molecule has 0 heterocycles. The standard InChI is InChI=1S/C14H29BN2O4/c1-3-17(4-2)10-12-6-5-11(7-8-15(20)21)9-14(12,16)13(18)19/h11-12,20-21H,3-10,16H2,1-2H3,(H,18,19)/t11?,12?,14-/m1/s1. The zero-order valence-corrected chi connectivity index (χ0v) is 13.2. The maximum absolute atomic E-state index is 11.7.